The second kappa shape index (κ2) is 9.22. The van der Waals surface area contributed by atoms with Crippen molar-refractivity contribution in [2.45, 2.75) is 43.3 Å². The first-order valence-electron chi connectivity index (χ1n) is 12.7. The predicted octanol–water partition coefficient (Wildman–Crippen LogP) is 3.69. The molecule has 204 valence electrons. The van der Waals surface area contributed by atoms with E-state index in [1.807, 2.05) is 0 Å². The lowest BCUT2D eigenvalue weighted by molar-refractivity contribution is -0.182. The molecule has 1 aromatic carbocycles. The molecule has 3 aliphatic rings. The first-order valence-corrected chi connectivity index (χ1v) is 13.0. The number of aromatic amines is 1. The van der Waals surface area contributed by atoms with Gasteiger partial charge in [-0.15, -0.1) is 0 Å². The largest absolute Gasteiger partial charge is 0.408 e. The average molecular weight is 561 g/mol. The van der Waals surface area contributed by atoms with E-state index in [2.05, 4.69) is 15.2 Å². The number of benzene rings is 1. The fourth-order valence-corrected chi connectivity index (χ4v) is 6.20. The number of carbonyl (C=O) groups is 3. The van der Waals surface area contributed by atoms with Crippen molar-refractivity contribution in [2.75, 3.05) is 31.1 Å². The fourth-order valence-electron chi connectivity index (χ4n) is 6.06. The van der Waals surface area contributed by atoms with Crippen molar-refractivity contribution in [3.8, 4) is 0 Å². The Bertz CT molecular complexity index is 1480. The number of piperidine rings is 1. The number of pyridine rings is 1. The number of nitrogens with one attached hydrogen (secondary N) is 1. The van der Waals surface area contributed by atoms with E-state index in [1.165, 1.54) is 11.0 Å². The van der Waals surface area contributed by atoms with E-state index in [0.29, 0.717) is 16.9 Å². The maximum absolute atomic E-state index is 13.9. The fraction of sp³-hybridized carbons (Fsp3) is 0.423. The van der Waals surface area contributed by atoms with Gasteiger partial charge < -0.3 is 14.7 Å². The highest BCUT2D eigenvalue weighted by molar-refractivity contribution is 6.29. The number of anilines is 1. The molecule has 39 heavy (non-hydrogen) atoms. The van der Waals surface area contributed by atoms with E-state index < -0.39 is 36.0 Å². The van der Waals surface area contributed by atoms with Crippen molar-refractivity contribution in [1.29, 1.82) is 0 Å². The molecular formula is C26H24ClF3N6O3. The van der Waals surface area contributed by atoms with Crippen LogP contribution >= 0.6 is 11.6 Å². The van der Waals surface area contributed by atoms with Crippen LogP contribution in [0.15, 0.2) is 36.5 Å². The van der Waals surface area contributed by atoms with E-state index in [9.17, 15) is 27.6 Å². The van der Waals surface area contributed by atoms with Gasteiger partial charge in [-0.05, 0) is 56.0 Å². The van der Waals surface area contributed by atoms with Crippen LogP contribution in [0, 0.1) is 0 Å². The third-order valence-corrected chi connectivity index (χ3v) is 8.28. The molecule has 1 spiro atoms. The van der Waals surface area contributed by atoms with Crippen molar-refractivity contribution in [1.82, 2.24) is 25.0 Å². The number of aromatic nitrogens is 3. The van der Waals surface area contributed by atoms with E-state index in [4.69, 9.17) is 11.6 Å². The van der Waals surface area contributed by atoms with Gasteiger partial charge in [-0.3, -0.25) is 19.5 Å². The number of nitrogens with zero attached hydrogens (tertiary/aromatic N) is 5. The van der Waals surface area contributed by atoms with Gasteiger partial charge in [-0.25, -0.2) is 4.98 Å². The molecule has 2 aromatic heterocycles. The summed E-state index contributed by atoms with van der Waals surface area (Å²) >= 11 is 6.18. The molecule has 0 bridgehead atoms. The predicted molar refractivity (Wildman–Crippen MR) is 135 cm³/mol. The van der Waals surface area contributed by atoms with E-state index in [-0.39, 0.29) is 56.4 Å². The Morgan fingerprint density at radius 2 is 1.90 bits per heavy atom. The quantitative estimate of drug-likeness (QED) is 0.492. The van der Waals surface area contributed by atoms with Crippen molar-refractivity contribution in [2.24, 2.45) is 0 Å². The van der Waals surface area contributed by atoms with Crippen LogP contribution in [0.2, 0.25) is 5.15 Å². The standard InChI is InChI=1S/C26H24ClF3N6O3/c27-20-6-5-18-22(32-20)25(24(39)36(18)14-21(37)35-9-1-2-19(35)26(28,29)30)7-10-34(11-8-25)23(38)15-3-4-17-16(12-15)13-31-33-17/h3-6,12-13,19H,1-2,7-11,14H2,(H,31,33). The topological polar surface area (TPSA) is 102 Å². The van der Waals surface area contributed by atoms with E-state index in [1.54, 1.807) is 35.4 Å². The Labute approximate surface area is 225 Å². The zero-order valence-corrected chi connectivity index (χ0v) is 21.4. The molecule has 1 unspecified atom stereocenters. The minimum absolute atomic E-state index is 0.0103. The SMILES string of the molecule is O=C(c1ccc2[nH]ncc2c1)N1CCC2(CC1)C(=O)N(CC(=O)N1CCCC1C(F)(F)F)c1ccc(Cl)nc12. The first-order chi connectivity index (χ1) is 18.6. The molecule has 1 N–H and O–H groups in total. The third-order valence-electron chi connectivity index (χ3n) is 8.07. The molecule has 0 saturated carbocycles. The molecule has 2 saturated heterocycles. The molecular weight excluding hydrogens is 537 g/mol. The number of amides is 3. The second-order valence-electron chi connectivity index (χ2n) is 10.2. The number of hydrogen-bond acceptors (Lipinski definition) is 5. The number of likely N-dealkylation sites (tertiary alicyclic amines) is 2. The highest BCUT2D eigenvalue weighted by Gasteiger charge is 2.55. The summed E-state index contributed by atoms with van der Waals surface area (Å²) in [6.07, 6.45) is -2.32. The molecule has 1 atom stereocenters. The number of fused-ring (bicyclic) bond motifs is 3. The molecule has 5 heterocycles. The summed E-state index contributed by atoms with van der Waals surface area (Å²) in [6, 6.07) is 6.46. The van der Waals surface area contributed by atoms with E-state index in [0.717, 1.165) is 15.8 Å². The normalized spacial score (nSPS) is 20.8. The van der Waals surface area contributed by atoms with Gasteiger partial charge in [0, 0.05) is 30.6 Å². The Hall–Kier alpha value is -3.67. The van der Waals surface area contributed by atoms with Gasteiger partial charge in [0.25, 0.3) is 5.91 Å². The van der Waals surface area contributed by atoms with Gasteiger partial charge in [0.2, 0.25) is 11.8 Å². The summed E-state index contributed by atoms with van der Waals surface area (Å²) in [5, 5.41) is 7.79. The van der Waals surface area contributed by atoms with E-state index >= 15 is 0 Å². The lowest BCUT2D eigenvalue weighted by atomic mass is 9.76. The zero-order chi connectivity index (χ0) is 27.5. The van der Waals surface area contributed by atoms with Crippen molar-refractivity contribution >= 4 is 45.9 Å². The van der Waals surface area contributed by atoms with Gasteiger partial charge in [-0.1, -0.05) is 11.6 Å². The van der Waals surface area contributed by atoms with Gasteiger partial charge in [0.05, 0.1) is 28.5 Å². The molecule has 3 aromatic rings. The highest BCUT2D eigenvalue weighted by atomic mass is 35.5. The Morgan fingerprint density at radius 1 is 1.13 bits per heavy atom. The van der Waals surface area contributed by atoms with Gasteiger partial charge in [-0.2, -0.15) is 18.3 Å². The molecule has 13 heteroatoms. The average Bonchev–Trinajstić information content (AvgIpc) is 3.64. The van der Waals surface area contributed by atoms with Crippen LogP contribution in [0.4, 0.5) is 18.9 Å². The van der Waals surface area contributed by atoms with Gasteiger partial charge >= 0.3 is 6.18 Å². The zero-order valence-electron chi connectivity index (χ0n) is 20.7. The van der Waals surface area contributed by atoms with Crippen LogP contribution in [-0.2, 0) is 15.0 Å². The van der Waals surface area contributed by atoms with Crippen molar-refractivity contribution in [3.05, 3.63) is 52.9 Å². The monoisotopic (exact) mass is 560 g/mol. The van der Waals surface area contributed by atoms with Crippen molar-refractivity contribution in [3.63, 3.8) is 0 Å². The second-order valence-corrected chi connectivity index (χ2v) is 10.6. The maximum atomic E-state index is 13.9. The minimum atomic E-state index is -4.53. The molecule has 0 radical (unpaired) electrons. The summed E-state index contributed by atoms with van der Waals surface area (Å²) in [4.78, 5) is 48.3. The van der Waals surface area contributed by atoms with Crippen LogP contribution in [0.3, 0.4) is 0 Å². The summed E-state index contributed by atoms with van der Waals surface area (Å²) in [6.45, 7) is -0.0161. The molecule has 9 nitrogen and oxygen atoms in total. The number of rotatable bonds is 3. The van der Waals surface area contributed by atoms with Crippen LogP contribution in [-0.4, -0.2) is 81.1 Å². The summed E-state index contributed by atoms with van der Waals surface area (Å²) in [7, 11) is 0. The van der Waals surface area contributed by atoms with Crippen LogP contribution in [0.5, 0.6) is 0 Å². The molecule has 0 aliphatic carbocycles. The number of alkyl halides is 3. The summed E-state index contributed by atoms with van der Waals surface area (Å²) < 4.78 is 40.4. The molecule has 2 fully saturated rings. The summed E-state index contributed by atoms with van der Waals surface area (Å²) in [5.74, 6) is -1.35. The summed E-state index contributed by atoms with van der Waals surface area (Å²) in [5.41, 5.74) is 0.945. The van der Waals surface area contributed by atoms with Crippen LogP contribution in [0.1, 0.15) is 41.7 Å². The smallest absolute Gasteiger partial charge is 0.339 e. The first kappa shape index (κ1) is 25.6. The maximum Gasteiger partial charge on any atom is 0.408 e. The van der Waals surface area contributed by atoms with Gasteiger partial charge in [0.1, 0.15) is 17.7 Å². The number of halogens is 4. The van der Waals surface area contributed by atoms with Gasteiger partial charge in [0.15, 0.2) is 0 Å². The molecule has 3 aliphatic heterocycles. The van der Waals surface area contributed by atoms with Crippen molar-refractivity contribution < 1.29 is 27.6 Å². The number of carbonyl (C=O) groups excluding carboxylic acids is 3. The lowest BCUT2D eigenvalue weighted by Crippen LogP contribution is -2.53. The third kappa shape index (κ3) is 4.21. The van der Waals surface area contributed by atoms with Crippen LogP contribution < -0.4 is 4.90 Å². The Kier molecular flexibility index (Phi) is 6.05. The molecule has 6 rings (SSSR count). The molecule has 3 amide bonds. The lowest BCUT2D eigenvalue weighted by Gasteiger charge is -2.38. The number of H-pyrrole nitrogens is 1. The van der Waals surface area contributed by atoms with Crippen LogP contribution in [0.25, 0.3) is 10.9 Å². The highest BCUT2D eigenvalue weighted by Crippen LogP contribution is 2.47. The Balaban J connectivity index is 1.23. The number of hydrogen-bond donors (Lipinski definition) is 1. The Morgan fingerprint density at radius 3 is 2.64 bits per heavy atom. The minimum Gasteiger partial charge on any atom is -0.339 e.